The molecular weight excluding hydrogens is 403 g/mol. The number of hydrogen-bond donors (Lipinski definition) is 0. The number of carbonyl (C=O) groups excluding carboxylic acids is 1. The molecule has 0 N–H and O–H groups in total. The first-order valence-electron chi connectivity index (χ1n) is 8.87. The van der Waals surface area contributed by atoms with E-state index in [1.807, 2.05) is 6.92 Å². The molecule has 1 atom stereocenters. The summed E-state index contributed by atoms with van der Waals surface area (Å²) in [5.41, 5.74) is -0.837. The summed E-state index contributed by atoms with van der Waals surface area (Å²) in [6.45, 7) is 10.3. The lowest BCUT2D eigenvalue weighted by atomic mass is 10.1. The third kappa shape index (κ3) is 16.5. The molecule has 0 aromatic rings. The van der Waals surface area contributed by atoms with E-state index in [0.29, 0.717) is 0 Å². The van der Waals surface area contributed by atoms with Crippen LogP contribution in [0.1, 0.15) is 71.1 Å². The Morgan fingerprint density at radius 3 is 1.95 bits per heavy atom. The van der Waals surface area contributed by atoms with Gasteiger partial charge in [0, 0.05) is 6.08 Å². The lowest BCUT2D eigenvalue weighted by Crippen LogP contribution is -2.13. The van der Waals surface area contributed by atoms with Crippen LogP contribution in [0.15, 0.2) is 12.7 Å². The maximum atomic E-state index is 11.0. The van der Waals surface area contributed by atoms with Gasteiger partial charge in [-0.1, -0.05) is 71.0 Å². The Balaban J connectivity index is 3.24. The Labute approximate surface area is 151 Å². The third-order valence-corrected chi connectivity index (χ3v) is 7.03. The topological polar surface area (TPSA) is 26.3 Å². The van der Waals surface area contributed by atoms with E-state index in [1.165, 1.54) is 63.5 Å². The molecule has 0 radical (unpaired) electrons. The van der Waals surface area contributed by atoms with Gasteiger partial charge in [-0.05, 0) is 25.8 Å². The van der Waals surface area contributed by atoms with Crippen molar-refractivity contribution in [3.8, 4) is 0 Å². The van der Waals surface area contributed by atoms with Crippen LogP contribution < -0.4 is 0 Å². The summed E-state index contributed by atoms with van der Waals surface area (Å²) in [5, 5.41) is 0. The molecule has 0 bridgehead atoms. The predicted octanol–water partition coefficient (Wildman–Crippen LogP) is 6.65. The van der Waals surface area contributed by atoms with Crippen LogP contribution in [0.3, 0.4) is 0 Å². The van der Waals surface area contributed by atoms with Gasteiger partial charge in [-0.15, -0.1) is 21.8 Å². The highest BCUT2D eigenvalue weighted by atomic mass is 127. The molecule has 0 rings (SSSR count). The molecule has 0 fully saturated rings. The molecule has 2 nitrogen and oxygen atoms in total. The van der Waals surface area contributed by atoms with E-state index < -0.39 is 5.57 Å². The quantitative estimate of drug-likeness (QED) is 0.0758. The van der Waals surface area contributed by atoms with Gasteiger partial charge in [-0.3, -0.25) is 0 Å². The standard InChI is InChI=1S/C18H35IO2Si/c1-5-18(20)21-17(2)15-13-11-9-7-6-8-10-12-14-16-22(3,4)19/h5,17H,1,6-16H2,2-4H3. The summed E-state index contributed by atoms with van der Waals surface area (Å²) < 4.78 is 5.15. The third-order valence-electron chi connectivity index (χ3n) is 3.87. The molecule has 0 aromatic carbocycles. The molecule has 4 heteroatoms. The van der Waals surface area contributed by atoms with Crippen molar-refractivity contribution < 1.29 is 9.53 Å². The molecule has 0 aliphatic heterocycles. The van der Waals surface area contributed by atoms with Gasteiger partial charge in [0.2, 0.25) is 0 Å². The number of halogens is 1. The minimum Gasteiger partial charge on any atom is -0.460 e. The molecule has 0 aromatic heterocycles. The number of esters is 1. The Kier molecular flexibility index (Phi) is 13.7. The first-order valence-corrected chi connectivity index (χ1v) is 15.2. The van der Waals surface area contributed by atoms with Crippen molar-refractivity contribution in [3.63, 3.8) is 0 Å². The van der Waals surface area contributed by atoms with Gasteiger partial charge in [0.1, 0.15) is 5.57 Å². The van der Waals surface area contributed by atoms with E-state index in [4.69, 9.17) is 4.74 Å². The molecule has 0 heterocycles. The van der Waals surface area contributed by atoms with Gasteiger partial charge in [0.05, 0.1) is 6.10 Å². The van der Waals surface area contributed by atoms with E-state index in [9.17, 15) is 4.79 Å². The van der Waals surface area contributed by atoms with Crippen LogP contribution in [0.2, 0.25) is 19.1 Å². The molecular formula is C18H35IO2Si. The fraction of sp³-hybridized carbons (Fsp3) is 0.833. The Bertz CT molecular complexity index is 300. The summed E-state index contributed by atoms with van der Waals surface area (Å²) in [4.78, 5) is 11.0. The first kappa shape index (κ1) is 22.2. The zero-order valence-electron chi connectivity index (χ0n) is 14.8. The van der Waals surface area contributed by atoms with Crippen LogP contribution in [-0.2, 0) is 9.53 Å². The van der Waals surface area contributed by atoms with Crippen LogP contribution >= 0.6 is 21.8 Å². The average Bonchev–Trinajstić information content (AvgIpc) is 2.43. The maximum Gasteiger partial charge on any atom is 0.330 e. The van der Waals surface area contributed by atoms with Gasteiger partial charge in [-0.2, -0.15) is 0 Å². The number of rotatable bonds is 14. The largest absolute Gasteiger partial charge is 0.460 e. The minimum absolute atomic E-state index is 0.0243. The number of carbonyl (C=O) groups is 1. The molecule has 0 aliphatic carbocycles. The molecule has 0 aliphatic rings. The SMILES string of the molecule is C=CC(=O)OC(C)CCCCCCCCCCC[Si](C)(C)I. The average molecular weight is 438 g/mol. The summed E-state index contributed by atoms with van der Waals surface area (Å²) in [7, 11) is 0. The highest BCUT2D eigenvalue weighted by Gasteiger charge is 2.14. The van der Waals surface area contributed by atoms with Crippen LogP contribution in [0.25, 0.3) is 0 Å². The summed E-state index contributed by atoms with van der Waals surface area (Å²) in [6, 6.07) is 1.47. The smallest absolute Gasteiger partial charge is 0.330 e. The molecule has 0 spiro atoms. The zero-order valence-corrected chi connectivity index (χ0v) is 18.0. The van der Waals surface area contributed by atoms with E-state index >= 15 is 0 Å². The van der Waals surface area contributed by atoms with E-state index in [2.05, 4.69) is 41.5 Å². The van der Waals surface area contributed by atoms with Gasteiger partial charge >= 0.3 is 5.97 Å². The van der Waals surface area contributed by atoms with Crippen molar-refractivity contribution in [1.29, 1.82) is 0 Å². The Hall–Kier alpha value is 0.157. The van der Waals surface area contributed by atoms with Crippen molar-refractivity contribution in [1.82, 2.24) is 0 Å². The number of unbranched alkanes of at least 4 members (excludes halogenated alkanes) is 8. The van der Waals surface area contributed by atoms with Crippen LogP contribution in [0.5, 0.6) is 0 Å². The molecule has 1 unspecified atom stereocenters. The van der Waals surface area contributed by atoms with Gasteiger partial charge in [-0.25, -0.2) is 4.79 Å². The predicted molar refractivity (Wildman–Crippen MR) is 108 cm³/mol. The maximum absolute atomic E-state index is 11.0. The normalized spacial score (nSPS) is 12.9. The zero-order chi connectivity index (χ0) is 16.8. The fourth-order valence-electron chi connectivity index (χ4n) is 2.52. The second-order valence-electron chi connectivity index (χ2n) is 6.89. The van der Waals surface area contributed by atoms with Crippen molar-refractivity contribution in [2.75, 3.05) is 0 Å². The second kappa shape index (κ2) is 13.6. The van der Waals surface area contributed by atoms with Gasteiger partial charge < -0.3 is 4.74 Å². The van der Waals surface area contributed by atoms with Crippen molar-refractivity contribution in [2.45, 2.75) is 96.4 Å². The van der Waals surface area contributed by atoms with E-state index in [1.54, 1.807) is 0 Å². The number of hydrogen-bond acceptors (Lipinski definition) is 2. The van der Waals surface area contributed by atoms with Crippen molar-refractivity contribution in [3.05, 3.63) is 12.7 Å². The number of ether oxygens (including phenoxy) is 1. The van der Waals surface area contributed by atoms with E-state index in [-0.39, 0.29) is 12.1 Å². The van der Waals surface area contributed by atoms with Crippen LogP contribution in [0.4, 0.5) is 0 Å². The Morgan fingerprint density at radius 1 is 1.05 bits per heavy atom. The fourth-order valence-corrected chi connectivity index (χ4v) is 4.75. The molecule has 0 amide bonds. The Morgan fingerprint density at radius 2 is 1.50 bits per heavy atom. The second-order valence-corrected chi connectivity index (χ2v) is 19.6. The van der Waals surface area contributed by atoms with Gasteiger partial charge in [0.15, 0.2) is 0 Å². The van der Waals surface area contributed by atoms with E-state index in [0.717, 1.165) is 12.8 Å². The van der Waals surface area contributed by atoms with Crippen LogP contribution in [0, 0.1) is 0 Å². The summed E-state index contributed by atoms with van der Waals surface area (Å²) in [5.74, 6) is -0.305. The highest BCUT2D eigenvalue weighted by molar-refractivity contribution is 14.1. The monoisotopic (exact) mass is 438 g/mol. The molecule has 130 valence electrons. The first-order chi connectivity index (χ1) is 10.3. The molecule has 0 saturated carbocycles. The van der Waals surface area contributed by atoms with Crippen LogP contribution in [-0.4, -0.2) is 17.6 Å². The van der Waals surface area contributed by atoms with Crippen molar-refractivity contribution >= 4 is 33.3 Å². The lowest BCUT2D eigenvalue weighted by molar-refractivity contribution is -0.142. The van der Waals surface area contributed by atoms with Gasteiger partial charge in [0.25, 0.3) is 0 Å². The molecule has 0 saturated heterocycles. The summed E-state index contributed by atoms with van der Waals surface area (Å²) >= 11 is 2.68. The van der Waals surface area contributed by atoms with Crippen molar-refractivity contribution in [2.24, 2.45) is 0 Å². The lowest BCUT2D eigenvalue weighted by Gasteiger charge is -2.12. The minimum atomic E-state index is -0.837. The highest BCUT2D eigenvalue weighted by Crippen LogP contribution is 2.21. The molecule has 22 heavy (non-hydrogen) atoms. The summed E-state index contributed by atoms with van der Waals surface area (Å²) in [6.07, 6.45) is 14.4.